The molecule has 0 aliphatic carbocycles. The zero-order valence-corrected chi connectivity index (χ0v) is 10.9. The van der Waals surface area contributed by atoms with Gasteiger partial charge in [0.25, 0.3) is 0 Å². The smallest absolute Gasteiger partial charge is 0.147 e. The molecule has 0 spiro atoms. The molecule has 0 saturated heterocycles. The van der Waals surface area contributed by atoms with Crippen molar-refractivity contribution in [2.45, 2.75) is 0 Å². The van der Waals surface area contributed by atoms with E-state index in [1.54, 1.807) is 18.7 Å². The minimum Gasteiger partial charge on any atom is -0.281 e. The van der Waals surface area contributed by atoms with Crippen LogP contribution in [0.1, 0.15) is 0 Å². The molecule has 0 saturated carbocycles. The standard InChI is InChI=1S/C16H9N5/c1-2-6-12-11(5-1)19-14-10-4-3-7-18-16(10)21-9-17-8-13(21)15(14)20-12/h1-9H. The summed E-state index contributed by atoms with van der Waals surface area (Å²) in [6, 6.07) is 11.8. The van der Waals surface area contributed by atoms with Gasteiger partial charge in [0, 0.05) is 11.6 Å². The first-order valence-electron chi connectivity index (χ1n) is 6.67. The van der Waals surface area contributed by atoms with E-state index in [2.05, 4.69) is 9.97 Å². The molecule has 5 aromatic rings. The van der Waals surface area contributed by atoms with Gasteiger partial charge in [0.15, 0.2) is 0 Å². The van der Waals surface area contributed by atoms with Crippen molar-refractivity contribution in [2.24, 2.45) is 0 Å². The third-order valence-electron chi connectivity index (χ3n) is 3.72. The number of benzene rings is 1. The maximum absolute atomic E-state index is 4.79. The molecule has 21 heavy (non-hydrogen) atoms. The summed E-state index contributed by atoms with van der Waals surface area (Å²) in [6.45, 7) is 0. The fraction of sp³-hybridized carbons (Fsp3) is 0. The Morgan fingerprint density at radius 1 is 0.857 bits per heavy atom. The van der Waals surface area contributed by atoms with Gasteiger partial charge in [-0.1, -0.05) is 12.1 Å². The lowest BCUT2D eigenvalue weighted by molar-refractivity contribution is 1.16. The lowest BCUT2D eigenvalue weighted by Crippen LogP contribution is -1.96. The van der Waals surface area contributed by atoms with Gasteiger partial charge in [0.1, 0.15) is 23.0 Å². The molecule has 0 amide bonds. The maximum Gasteiger partial charge on any atom is 0.147 e. The molecule has 1 aromatic carbocycles. The highest BCUT2D eigenvalue weighted by atomic mass is 15.0. The van der Waals surface area contributed by atoms with Crippen LogP contribution in [-0.2, 0) is 0 Å². The second-order valence-corrected chi connectivity index (χ2v) is 4.93. The molecule has 4 aromatic heterocycles. The highest BCUT2D eigenvalue weighted by Crippen LogP contribution is 2.27. The third-order valence-corrected chi connectivity index (χ3v) is 3.72. The molecule has 5 nitrogen and oxygen atoms in total. The number of para-hydroxylation sites is 2. The van der Waals surface area contributed by atoms with E-state index in [1.807, 2.05) is 40.8 Å². The largest absolute Gasteiger partial charge is 0.281 e. The molecule has 0 unspecified atom stereocenters. The van der Waals surface area contributed by atoms with Crippen LogP contribution in [0.5, 0.6) is 0 Å². The summed E-state index contributed by atoms with van der Waals surface area (Å²) >= 11 is 0. The molecule has 0 radical (unpaired) electrons. The summed E-state index contributed by atoms with van der Waals surface area (Å²) in [5, 5.41) is 0.983. The van der Waals surface area contributed by atoms with Gasteiger partial charge < -0.3 is 0 Å². The van der Waals surface area contributed by atoms with Crippen LogP contribution in [-0.4, -0.2) is 24.3 Å². The summed E-state index contributed by atoms with van der Waals surface area (Å²) in [6.07, 6.45) is 5.35. The van der Waals surface area contributed by atoms with Crippen LogP contribution < -0.4 is 0 Å². The Balaban J connectivity index is 2.18. The lowest BCUT2D eigenvalue weighted by Gasteiger charge is -2.07. The Hall–Kier alpha value is -3.08. The highest BCUT2D eigenvalue weighted by molar-refractivity contribution is 6.09. The minimum absolute atomic E-state index is 0.849. The van der Waals surface area contributed by atoms with E-state index in [1.165, 1.54) is 0 Å². The summed E-state index contributed by atoms with van der Waals surface area (Å²) in [4.78, 5) is 18.3. The molecular formula is C16H9N5. The number of imidazole rings is 1. The molecule has 0 aliphatic rings. The molecule has 0 N–H and O–H groups in total. The van der Waals surface area contributed by atoms with Crippen LogP contribution >= 0.6 is 0 Å². The quantitative estimate of drug-likeness (QED) is 0.321. The average Bonchev–Trinajstić information content (AvgIpc) is 3.03. The van der Waals surface area contributed by atoms with Crippen molar-refractivity contribution in [2.75, 3.05) is 0 Å². The Morgan fingerprint density at radius 3 is 2.52 bits per heavy atom. The van der Waals surface area contributed by atoms with Crippen LogP contribution in [0.15, 0.2) is 55.1 Å². The first-order valence-corrected chi connectivity index (χ1v) is 6.67. The average molecular weight is 271 g/mol. The van der Waals surface area contributed by atoms with E-state index in [0.717, 1.165) is 38.6 Å². The molecule has 5 rings (SSSR count). The summed E-state index contributed by atoms with van der Waals surface area (Å²) in [5.41, 5.74) is 5.27. The molecular weight excluding hydrogens is 262 g/mol. The van der Waals surface area contributed by atoms with E-state index in [-0.39, 0.29) is 0 Å². The second-order valence-electron chi connectivity index (χ2n) is 4.93. The van der Waals surface area contributed by atoms with Crippen LogP contribution in [0.2, 0.25) is 0 Å². The number of nitrogens with zero attached hydrogens (tertiary/aromatic N) is 5. The lowest BCUT2D eigenvalue weighted by atomic mass is 10.2. The molecule has 0 bridgehead atoms. The Bertz CT molecular complexity index is 1140. The summed E-state index contributed by atoms with van der Waals surface area (Å²) < 4.78 is 1.96. The zero-order chi connectivity index (χ0) is 13.8. The number of hydrogen-bond acceptors (Lipinski definition) is 4. The topological polar surface area (TPSA) is 56.0 Å². The Morgan fingerprint density at radius 2 is 1.67 bits per heavy atom. The van der Waals surface area contributed by atoms with Crippen LogP contribution in [0.4, 0.5) is 0 Å². The van der Waals surface area contributed by atoms with Gasteiger partial charge in [-0.25, -0.2) is 19.9 Å². The molecule has 5 heteroatoms. The predicted octanol–water partition coefficient (Wildman–Crippen LogP) is 2.98. The Kier molecular flexibility index (Phi) is 1.90. The SMILES string of the molecule is c1ccc2nc3c(nc2c1)c1cccnc1n1cncc31. The van der Waals surface area contributed by atoms with Crippen molar-refractivity contribution in [1.82, 2.24) is 24.3 Å². The second kappa shape index (κ2) is 3.73. The van der Waals surface area contributed by atoms with Gasteiger partial charge in [-0.15, -0.1) is 0 Å². The summed E-state index contributed by atoms with van der Waals surface area (Å²) in [5.74, 6) is 0. The molecule has 0 aliphatic heterocycles. The number of rotatable bonds is 0. The van der Waals surface area contributed by atoms with Crippen molar-refractivity contribution >= 4 is 38.6 Å². The van der Waals surface area contributed by atoms with E-state index < -0.39 is 0 Å². The van der Waals surface area contributed by atoms with Crippen molar-refractivity contribution < 1.29 is 0 Å². The van der Waals surface area contributed by atoms with Gasteiger partial charge in [-0.3, -0.25) is 4.40 Å². The fourth-order valence-electron chi connectivity index (χ4n) is 2.78. The van der Waals surface area contributed by atoms with Gasteiger partial charge in [0.2, 0.25) is 0 Å². The fourth-order valence-corrected chi connectivity index (χ4v) is 2.78. The predicted molar refractivity (Wildman–Crippen MR) is 81.1 cm³/mol. The van der Waals surface area contributed by atoms with Gasteiger partial charge in [0.05, 0.1) is 22.7 Å². The van der Waals surface area contributed by atoms with Crippen LogP contribution in [0.25, 0.3) is 38.6 Å². The maximum atomic E-state index is 4.79. The number of pyridine rings is 2. The van der Waals surface area contributed by atoms with Crippen molar-refractivity contribution in [1.29, 1.82) is 0 Å². The van der Waals surface area contributed by atoms with E-state index >= 15 is 0 Å². The van der Waals surface area contributed by atoms with Gasteiger partial charge in [-0.2, -0.15) is 0 Å². The van der Waals surface area contributed by atoms with E-state index in [9.17, 15) is 0 Å². The minimum atomic E-state index is 0.849. The van der Waals surface area contributed by atoms with Gasteiger partial charge >= 0.3 is 0 Å². The Labute approximate surface area is 118 Å². The van der Waals surface area contributed by atoms with Crippen LogP contribution in [0, 0.1) is 0 Å². The van der Waals surface area contributed by atoms with E-state index in [0.29, 0.717) is 0 Å². The number of aromatic nitrogens is 5. The summed E-state index contributed by atoms with van der Waals surface area (Å²) in [7, 11) is 0. The van der Waals surface area contributed by atoms with Crippen molar-refractivity contribution in [3.8, 4) is 0 Å². The third kappa shape index (κ3) is 1.34. The van der Waals surface area contributed by atoms with E-state index in [4.69, 9.17) is 9.97 Å². The van der Waals surface area contributed by atoms with Gasteiger partial charge in [-0.05, 0) is 24.3 Å². The van der Waals surface area contributed by atoms with Crippen molar-refractivity contribution in [3.05, 3.63) is 55.1 Å². The first-order chi connectivity index (χ1) is 10.4. The number of hydrogen-bond donors (Lipinski definition) is 0. The molecule has 0 fully saturated rings. The molecule has 4 heterocycles. The number of fused-ring (bicyclic) bond motifs is 7. The molecule has 0 atom stereocenters. The zero-order valence-electron chi connectivity index (χ0n) is 10.9. The monoisotopic (exact) mass is 271 g/mol. The van der Waals surface area contributed by atoms with Crippen molar-refractivity contribution in [3.63, 3.8) is 0 Å². The normalized spacial score (nSPS) is 11.8. The first kappa shape index (κ1) is 10.7. The van der Waals surface area contributed by atoms with Crippen LogP contribution in [0.3, 0.4) is 0 Å². The molecule has 98 valence electrons. The highest BCUT2D eigenvalue weighted by Gasteiger charge is 2.12.